The molecule has 1 aliphatic carbocycles. The molecule has 1 aliphatic heterocycles. The van der Waals surface area contributed by atoms with E-state index in [0.29, 0.717) is 4.88 Å². The fourth-order valence-corrected chi connectivity index (χ4v) is 3.79. The molecule has 0 atom stereocenters. The van der Waals surface area contributed by atoms with Gasteiger partial charge in [0.15, 0.2) is 0 Å². The summed E-state index contributed by atoms with van der Waals surface area (Å²) >= 11 is 1.23. The molecule has 0 unspecified atom stereocenters. The molecule has 1 aromatic heterocycles. The van der Waals surface area contributed by atoms with Crippen LogP contribution in [-0.2, 0) is 0 Å². The highest BCUT2D eigenvalue weighted by molar-refractivity contribution is 7.18. The molecule has 5 heteroatoms. The van der Waals surface area contributed by atoms with E-state index in [1.54, 1.807) is 0 Å². The largest absolute Gasteiger partial charge is 0.477 e. The quantitative estimate of drug-likeness (QED) is 0.830. The lowest BCUT2D eigenvalue weighted by molar-refractivity contribution is 0.0701. The van der Waals surface area contributed by atoms with Crippen LogP contribution in [0.5, 0.6) is 0 Å². The number of carboxylic acid groups (broad SMARTS) is 1. The Morgan fingerprint density at radius 1 is 1.60 bits per heavy atom. The summed E-state index contributed by atoms with van der Waals surface area (Å²) in [6.45, 7) is 5.83. The summed E-state index contributed by atoms with van der Waals surface area (Å²) in [6, 6.07) is 0. The van der Waals surface area contributed by atoms with E-state index in [4.69, 9.17) is 0 Å². The van der Waals surface area contributed by atoms with Crippen molar-refractivity contribution in [2.24, 2.45) is 4.99 Å². The van der Waals surface area contributed by atoms with Gasteiger partial charge in [0.2, 0.25) is 0 Å². The average molecular weight is 288 g/mol. The molecule has 104 valence electrons. The predicted molar refractivity (Wildman–Crippen MR) is 81.8 cm³/mol. The summed E-state index contributed by atoms with van der Waals surface area (Å²) in [7, 11) is 0. The van der Waals surface area contributed by atoms with Crippen molar-refractivity contribution in [1.29, 1.82) is 0 Å². The van der Waals surface area contributed by atoms with Gasteiger partial charge in [0.05, 0.1) is 0 Å². The zero-order chi connectivity index (χ0) is 14.3. The molecule has 2 aliphatic rings. The minimum atomic E-state index is -0.898. The molecule has 0 aromatic carbocycles. The summed E-state index contributed by atoms with van der Waals surface area (Å²) in [5.41, 5.74) is 3.75. The second-order valence-corrected chi connectivity index (χ2v) is 6.13. The number of carboxylic acids is 1. The van der Waals surface area contributed by atoms with Crippen LogP contribution in [-0.4, -0.2) is 16.9 Å². The normalized spacial score (nSPS) is 17.4. The number of nitrogens with one attached hydrogen (secondary N) is 1. The van der Waals surface area contributed by atoms with Crippen molar-refractivity contribution in [3.8, 4) is 0 Å². The number of amidine groups is 1. The Morgan fingerprint density at radius 3 is 3.05 bits per heavy atom. The van der Waals surface area contributed by atoms with Crippen molar-refractivity contribution in [3.05, 3.63) is 34.2 Å². The Hall–Kier alpha value is -1.88. The molecule has 0 spiro atoms. The molecule has 4 nitrogen and oxygen atoms in total. The highest BCUT2D eigenvalue weighted by Crippen LogP contribution is 2.41. The summed E-state index contributed by atoms with van der Waals surface area (Å²) in [5.74, 6) is -0.0289. The van der Waals surface area contributed by atoms with Crippen LogP contribution in [0.25, 0.3) is 5.70 Å². The molecule has 0 amide bonds. The van der Waals surface area contributed by atoms with Gasteiger partial charge < -0.3 is 10.4 Å². The third kappa shape index (κ3) is 2.18. The van der Waals surface area contributed by atoms with Gasteiger partial charge >= 0.3 is 5.97 Å². The number of fused-ring (bicyclic) bond motifs is 1. The molecular weight excluding hydrogens is 272 g/mol. The van der Waals surface area contributed by atoms with Crippen LogP contribution in [0.15, 0.2) is 23.2 Å². The van der Waals surface area contributed by atoms with Crippen LogP contribution in [0.3, 0.4) is 0 Å². The molecule has 0 bridgehead atoms. The maximum absolute atomic E-state index is 11.2. The first-order valence-corrected chi connectivity index (χ1v) is 7.46. The first-order chi connectivity index (χ1) is 9.56. The molecule has 2 heterocycles. The Kier molecular flexibility index (Phi) is 3.22. The van der Waals surface area contributed by atoms with Crippen LogP contribution >= 0.6 is 11.3 Å². The Morgan fingerprint density at radius 2 is 2.40 bits per heavy atom. The monoisotopic (exact) mass is 288 g/mol. The smallest absolute Gasteiger partial charge is 0.346 e. The number of nitrogens with zero attached hydrogens (tertiary/aromatic N) is 1. The highest BCUT2D eigenvalue weighted by Gasteiger charge is 2.25. The molecule has 1 aromatic rings. The Balaban J connectivity index is 1.96. The van der Waals surface area contributed by atoms with Crippen LogP contribution < -0.4 is 5.32 Å². The molecule has 0 fully saturated rings. The van der Waals surface area contributed by atoms with Gasteiger partial charge in [0.1, 0.15) is 15.7 Å². The van der Waals surface area contributed by atoms with Gasteiger partial charge in [0, 0.05) is 17.7 Å². The number of aliphatic imine (C=N–C) groups is 1. The first kappa shape index (κ1) is 13.1. The number of hydrogen-bond donors (Lipinski definition) is 2. The zero-order valence-electron chi connectivity index (χ0n) is 11.3. The van der Waals surface area contributed by atoms with Gasteiger partial charge in [-0.15, -0.1) is 11.3 Å². The Bertz CT molecular complexity index is 668. The molecule has 2 N–H and O–H groups in total. The fourth-order valence-electron chi connectivity index (χ4n) is 2.72. The average Bonchev–Trinajstić information content (AvgIpc) is 2.97. The third-order valence-electron chi connectivity index (χ3n) is 3.69. The van der Waals surface area contributed by atoms with Crippen LogP contribution in [0.1, 0.15) is 46.5 Å². The number of hydrogen-bond acceptors (Lipinski definition) is 4. The molecular formula is C15H16N2O2S. The number of rotatable bonds is 3. The number of aromatic carboxylic acids is 1. The number of carbonyl (C=O) groups is 1. The predicted octanol–water partition coefficient (Wildman–Crippen LogP) is 3.86. The summed E-state index contributed by atoms with van der Waals surface area (Å²) < 4.78 is 0. The lowest BCUT2D eigenvalue weighted by atomic mass is 10.1. The SMILES string of the molecule is C=C1NC(CC2=CCCC2)=Nc2sc(C(=O)O)c(C)c21. The van der Waals surface area contributed by atoms with Gasteiger partial charge in [-0.1, -0.05) is 18.2 Å². The van der Waals surface area contributed by atoms with Gasteiger partial charge in [-0.05, 0) is 31.7 Å². The summed E-state index contributed by atoms with van der Waals surface area (Å²) in [6.07, 6.45) is 6.57. The van der Waals surface area contributed by atoms with E-state index in [9.17, 15) is 9.90 Å². The second-order valence-electron chi connectivity index (χ2n) is 5.13. The van der Waals surface area contributed by atoms with E-state index in [-0.39, 0.29) is 0 Å². The van der Waals surface area contributed by atoms with E-state index >= 15 is 0 Å². The maximum atomic E-state index is 11.2. The van der Waals surface area contributed by atoms with Crippen molar-refractivity contribution in [2.45, 2.75) is 32.6 Å². The molecule has 0 saturated heterocycles. The van der Waals surface area contributed by atoms with E-state index < -0.39 is 5.97 Å². The molecule has 0 saturated carbocycles. The lowest BCUT2D eigenvalue weighted by Crippen LogP contribution is -2.24. The van der Waals surface area contributed by atoms with Gasteiger partial charge in [-0.3, -0.25) is 0 Å². The van der Waals surface area contributed by atoms with Gasteiger partial charge in [0.25, 0.3) is 0 Å². The van der Waals surface area contributed by atoms with E-state index in [2.05, 4.69) is 23.0 Å². The molecule has 0 radical (unpaired) electrons. The van der Waals surface area contributed by atoms with E-state index in [1.165, 1.54) is 23.3 Å². The van der Waals surface area contributed by atoms with Crippen molar-refractivity contribution in [2.75, 3.05) is 0 Å². The van der Waals surface area contributed by atoms with E-state index in [1.807, 2.05) is 6.92 Å². The van der Waals surface area contributed by atoms with Crippen molar-refractivity contribution >= 4 is 33.8 Å². The molecule has 3 rings (SSSR count). The molecule has 20 heavy (non-hydrogen) atoms. The van der Waals surface area contributed by atoms with Crippen molar-refractivity contribution in [1.82, 2.24) is 5.32 Å². The van der Waals surface area contributed by atoms with Crippen molar-refractivity contribution in [3.63, 3.8) is 0 Å². The summed E-state index contributed by atoms with van der Waals surface area (Å²) in [5, 5.41) is 13.2. The number of thiophene rings is 1. The zero-order valence-corrected chi connectivity index (χ0v) is 12.1. The Labute approximate surface area is 121 Å². The van der Waals surface area contributed by atoms with Crippen LogP contribution in [0, 0.1) is 6.92 Å². The van der Waals surface area contributed by atoms with Crippen LogP contribution in [0.4, 0.5) is 5.00 Å². The first-order valence-electron chi connectivity index (χ1n) is 6.64. The van der Waals surface area contributed by atoms with Gasteiger partial charge in [-0.25, -0.2) is 9.79 Å². The van der Waals surface area contributed by atoms with Crippen LogP contribution in [0.2, 0.25) is 0 Å². The van der Waals surface area contributed by atoms with E-state index in [0.717, 1.165) is 46.9 Å². The number of allylic oxidation sites excluding steroid dienone is 1. The highest BCUT2D eigenvalue weighted by atomic mass is 32.1. The topological polar surface area (TPSA) is 61.7 Å². The standard InChI is InChI=1S/C15H16N2O2S/c1-8-12-9(2)16-11(7-10-5-3-4-6-10)17-14(12)20-13(8)15(18)19/h5H,2-4,6-7H2,1H3,(H,16,17)(H,18,19). The minimum absolute atomic E-state index is 0.350. The maximum Gasteiger partial charge on any atom is 0.346 e. The second kappa shape index (κ2) is 4.90. The van der Waals surface area contributed by atoms with Gasteiger partial charge in [-0.2, -0.15) is 0 Å². The van der Waals surface area contributed by atoms with Crippen molar-refractivity contribution < 1.29 is 9.90 Å². The lowest BCUT2D eigenvalue weighted by Gasteiger charge is -2.18. The minimum Gasteiger partial charge on any atom is -0.477 e. The fraction of sp³-hybridized carbons (Fsp3) is 0.333. The third-order valence-corrected chi connectivity index (χ3v) is 4.86. The summed E-state index contributed by atoms with van der Waals surface area (Å²) in [4.78, 5) is 16.1.